The molecule has 1 heterocycles. The van der Waals surface area contributed by atoms with Crippen LogP contribution in [0.25, 0.3) is 0 Å². The molecule has 1 saturated heterocycles. The molecule has 0 aromatic heterocycles. The van der Waals surface area contributed by atoms with Crippen molar-refractivity contribution in [2.45, 2.75) is 26.3 Å². The van der Waals surface area contributed by atoms with Gasteiger partial charge in [-0.25, -0.2) is 0 Å². The smallest absolute Gasteiger partial charge is 0.251 e. The van der Waals surface area contributed by atoms with E-state index in [1.165, 1.54) is 0 Å². The summed E-state index contributed by atoms with van der Waals surface area (Å²) in [6.07, 6.45) is 1.15. The summed E-state index contributed by atoms with van der Waals surface area (Å²) in [6, 6.07) is 5.84. The second-order valence-corrected chi connectivity index (χ2v) is 6.96. The summed E-state index contributed by atoms with van der Waals surface area (Å²) >= 11 is 9.31. The Kier molecular flexibility index (Phi) is 5.47. The number of rotatable bonds is 4. The molecule has 3 nitrogen and oxygen atoms in total. The van der Waals surface area contributed by atoms with E-state index in [4.69, 9.17) is 11.6 Å². The van der Waals surface area contributed by atoms with Gasteiger partial charge in [0.1, 0.15) is 0 Å². The molecule has 1 atom stereocenters. The molecule has 1 fully saturated rings. The SMILES string of the molecule is CC(C)N1CCC(CNC(=O)c2cc(Cl)cc(Br)c2)C1. The highest BCUT2D eigenvalue weighted by molar-refractivity contribution is 9.10. The molecule has 1 amide bonds. The Hall–Kier alpha value is -0.580. The number of halogens is 2. The molecule has 1 N–H and O–H groups in total. The van der Waals surface area contributed by atoms with Gasteiger partial charge in [0, 0.05) is 34.2 Å². The van der Waals surface area contributed by atoms with Crippen LogP contribution in [0.1, 0.15) is 30.6 Å². The van der Waals surface area contributed by atoms with Crippen molar-refractivity contribution in [2.24, 2.45) is 5.92 Å². The monoisotopic (exact) mass is 358 g/mol. The van der Waals surface area contributed by atoms with Crippen molar-refractivity contribution in [3.8, 4) is 0 Å². The van der Waals surface area contributed by atoms with Crippen LogP contribution < -0.4 is 5.32 Å². The second kappa shape index (κ2) is 6.92. The number of hydrogen-bond acceptors (Lipinski definition) is 2. The van der Waals surface area contributed by atoms with Crippen molar-refractivity contribution < 1.29 is 4.79 Å². The van der Waals surface area contributed by atoms with Gasteiger partial charge >= 0.3 is 0 Å². The first-order valence-electron chi connectivity index (χ1n) is 6.94. The summed E-state index contributed by atoms with van der Waals surface area (Å²) in [7, 11) is 0. The van der Waals surface area contributed by atoms with E-state index >= 15 is 0 Å². The number of benzene rings is 1. The van der Waals surface area contributed by atoms with Gasteiger partial charge in [-0.3, -0.25) is 4.79 Å². The van der Waals surface area contributed by atoms with E-state index in [-0.39, 0.29) is 5.91 Å². The fraction of sp³-hybridized carbons (Fsp3) is 0.533. The van der Waals surface area contributed by atoms with Crippen LogP contribution in [-0.4, -0.2) is 36.5 Å². The number of carbonyl (C=O) groups is 1. The summed E-state index contributed by atoms with van der Waals surface area (Å²) in [5, 5.41) is 3.58. The van der Waals surface area contributed by atoms with Crippen molar-refractivity contribution in [3.63, 3.8) is 0 Å². The highest BCUT2D eigenvalue weighted by atomic mass is 79.9. The minimum absolute atomic E-state index is 0.0591. The second-order valence-electron chi connectivity index (χ2n) is 5.61. The Morgan fingerprint density at radius 3 is 2.85 bits per heavy atom. The Morgan fingerprint density at radius 1 is 1.50 bits per heavy atom. The van der Waals surface area contributed by atoms with Crippen LogP contribution in [-0.2, 0) is 0 Å². The maximum absolute atomic E-state index is 12.1. The summed E-state index contributed by atoms with van der Waals surface area (Å²) in [6.45, 7) is 7.35. The number of hydrogen-bond donors (Lipinski definition) is 1. The fourth-order valence-electron chi connectivity index (χ4n) is 2.52. The normalized spacial score (nSPS) is 19.6. The van der Waals surface area contributed by atoms with Gasteiger partial charge in [0.05, 0.1) is 0 Å². The molecule has 0 spiro atoms. The van der Waals surface area contributed by atoms with E-state index in [0.717, 1.165) is 30.5 Å². The maximum atomic E-state index is 12.1. The highest BCUT2D eigenvalue weighted by Crippen LogP contribution is 2.20. The Balaban J connectivity index is 1.87. The van der Waals surface area contributed by atoms with E-state index in [0.29, 0.717) is 22.5 Å². The molecule has 20 heavy (non-hydrogen) atoms. The van der Waals surface area contributed by atoms with Gasteiger partial charge in [0.25, 0.3) is 5.91 Å². The predicted octanol–water partition coefficient (Wildman–Crippen LogP) is 3.56. The number of nitrogens with zero attached hydrogens (tertiary/aromatic N) is 1. The molecule has 0 radical (unpaired) electrons. The maximum Gasteiger partial charge on any atom is 0.251 e. The lowest BCUT2D eigenvalue weighted by Crippen LogP contribution is -2.33. The average molecular weight is 360 g/mol. The zero-order valence-corrected chi connectivity index (χ0v) is 14.2. The molecular formula is C15H20BrClN2O. The molecule has 1 aromatic rings. The number of nitrogens with one attached hydrogen (secondary N) is 1. The lowest BCUT2D eigenvalue weighted by atomic mass is 10.1. The summed E-state index contributed by atoms with van der Waals surface area (Å²) in [5.74, 6) is 0.486. The minimum Gasteiger partial charge on any atom is -0.352 e. The molecule has 5 heteroatoms. The first kappa shape index (κ1) is 15.8. The molecule has 1 unspecified atom stereocenters. The predicted molar refractivity (Wildman–Crippen MR) is 86.3 cm³/mol. The molecule has 1 aliphatic heterocycles. The topological polar surface area (TPSA) is 32.3 Å². The largest absolute Gasteiger partial charge is 0.352 e. The van der Waals surface area contributed by atoms with Crippen LogP contribution in [0.5, 0.6) is 0 Å². The average Bonchev–Trinajstić information content (AvgIpc) is 2.83. The van der Waals surface area contributed by atoms with Crippen LogP contribution >= 0.6 is 27.5 Å². The van der Waals surface area contributed by atoms with E-state index in [9.17, 15) is 4.79 Å². The number of likely N-dealkylation sites (tertiary alicyclic amines) is 1. The first-order valence-corrected chi connectivity index (χ1v) is 8.11. The van der Waals surface area contributed by atoms with Gasteiger partial charge in [0.2, 0.25) is 0 Å². The Bertz CT molecular complexity index is 473. The third kappa shape index (κ3) is 4.21. The zero-order valence-electron chi connectivity index (χ0n) is 11.8. The number of amides is 1. The molecule has 2 rings (SSSR count). The Labute approximate surface area is 133 Å². The summed E-state index contributed by atoms with van der Waals surface area (Å²) in [5.41, 5.74) is 0.600. The third-order valence-electron chi connectivity index (χ3n) is 3.72. The van der Waals surface area contributed by atoms with Crippen molar-refractivity contribution in [2.75, 3.05) is 19.6 Å². The standard InChI is InChI=1S/C15H20BrClN2O/c1-10(2)19-4-3-11(9-19)8-18-15(20)12-5-13(16)7-14(17)6-12/h5-7,10-11H,3-4,8-9H2,1-2H3,(H,18,20). The van der Waals surface area contributed by atoms with Crippen LogP contribution in [0.2, 0.25) is 5.02 Å². The van der Waals surface area contributed by atoms with Gasteiger partial charge < -0.3 is 10.2 Å². The van der Waals surface area contributed by atoms with Crippen LogP contribution in [0, 0.1) is 5.92 Å². The quantitative estimate of drug-likeness (QED) is 0.891. The van der Waals surface area contributed by atoms with Crippen LogP contribution in [0.3, 0.4) is 0 Å². The van der Waals surface area contributed by atoms with Crippen LogP contribution in [0.15, 0.2) is 22.7 Å². The third-order valence-corrected chi connectivity index (χ3v) is 4.40. The fourth-order valence-corrected chi connectivity index (χ4v) is 3.38. The minimum atomic E-state index is -0.0591. The molecule has 0 bridgehead atoms. The molecule has 1 aromatic carbocycles. The summed E-state index contributed by atoms with van der Waals surface area (Å²) < 4.78 is 0.821. The first-order chi connectivity index (χ1) is 9.45. The van der Waals surface area contributed by atoms with Crippen molar-refractivity contribution >= 4 is 33.4 Å². The van der Waals surface area contributed by atoms with Gasteiger partial charge in [-0.2, -0.15) is 0 Å². The van der Waals surface area contributed by atoms with E-state index < -0.39 is 0 Å². The van der Waals surface area contributed by atoms with Gasteiger partial charge in [-0.1, -0.05) is 27.5 Å². The Morgan fingerprint density at radius 2 is 2.25 bits per heavy atom. The van der Waals surface area contributed by atoms with E-state index in [2.05, 4.69) is 40.0 Å². The van der Waals surface area contributed by atoms with E-state index in [1.807, 2.05) is 0 Å². The van der Waals surface area contributed by atoms with Crippen molar-refractivity contribution in [1.82, 2.24) is 10.2 Å². The van der Waals surface area contributed by atoms with Gasteiger partial charge in [-0.05, 0) is 50.9 Å². The lowest BCUT2D eigenvalue weighted by Gasteiger charge is -2.20. The lowest BCUT2D eigenvalue weighted by molar-refractivity contribution is 0.0947. The molecule has 0 aliphatic carbocycles. The molecule has 0 saturated carbocycles. The summed E-state index contributed by atoms with van der Waals surface area (Å²) in [4.78, 5) is 14.6. The van der Waals surface area contributed by atoms with Crippen molar-refractivity contribution in [1.29, 1.82) is 0 Å². The molecular weight excluding hydrogens is 340 g/mol. The molecule has 110 valence electrons. The van der Waals surface area contributed by atoms with E-state index in [1.54, 1.807) is 18.2 Å². The van der Waals surface area contributed by atoms with Gasteiger partial charge in [0.15, 0.2) is 0 Å². The van der Waals surface area contributed by atoms with Crippen molar-refractivity contribution in [3.05, 3.63) is 33.3 Å². The highest BCUT2D eigenvalue weighted by Gasteiger charge is 2.24. The van der Waals surface area contributed by atoms with Gasteiger partial charge in [-0.15, -0.1) is 0 Å². The zero-order chi connectivity index (χ0) is 14.7. The van der Waals surface area contributed by atoms with Crippen LogP contribution in [0.4, 0.5) is 0 Å². The molecule has 1 aliphatic rings. The number of carbonyl (C=O) groups excluding carboxylic acids is 1.